The first-order chi connectivity index (χ1) is 10.1. The fourth-order valence-electron chi connectivity index (χ4n) is 2.91. The molecule has 1 fully saturated rings. The van der Waals surface area contributed by atoms with Crippen LogP contribution in [0.2, 0.25) is 5.02 Å². The van der Waals surface area contributed by atoms with E-state index in [1.165, 1.54) is 25.3 Å². The summed E-state index contributed by atoms with van der Waals surface area (Å²) in [5.74, 6) is 1.00. The normalized spacial score (nSPS) is 17.1. The molecule has 0 radical (unpaired) electrons. The van der Waals surface area contributed by atoms with Crippen LogP contribution in [0.25, 0.3) is 11.0 Å². The molecule has 1 aromatic heterocycles. The molecule has 2 nitrogen and oxygen atoms in total. The van der Waals surface area contributed by atoms with E-state index < -0.39 is 5.82 Å². The van der Waals surface area contributed by atoms with Crippen LogP contribution < -0.4 is 0 Å². The fourth-order valence-corrected chi connectivity index (χ4v) is 4.19. The zero-order valence-corrected chi connectivity index (χ0v) is 14.2. The van der Waals surface area contributed by atoms with Gasteiger partial charge in [0, 0.05) is 29.7 Å². The van der Waals surface area contributed by atoms with Crippen molar-refractivity contribution in [3.05, 3.63) is 28.8 Å². The van der Waals surface area contributed by atoms with Gasteiger partial charge in [0.2, 0.25) is 0 Å². The summed E-state index contributed by atoms with van der Waals surface area (Å²) in [5.41, 5.74) is 1.56. The summed E-state index contributed by atoms with van der Waals surface area (Å²) in [6.45, 7) is 0.888. The lowest BCUT2D eigenvalue weighted by molar-refractivity contribution is 0.322. The Hall–Kier alpha value is -0.450. The van der Waals surface area contributed by atoms with Gasteiger partial charge in [-0.25, -0.2) is 9.37 Å². The Labute approximate surface area is 138 Å². The molecule has 2 aromatic rings. The number of thioether (sulfide) groups is 1. The predicted molar refractivity (Wildman–Crippen MR) is 89.2 cm³/mol. The van der Waals surface area contributed by atoms with Crippen LogP contribution in [0.4, 0.5) is 4.39 Å². The molecule has 1 aromatic carbocycles. The monoisotopic (exact) mass is 346 g/mol. The largest absolute Gasteiger partial charge is 0.326 e. The number of rotatable bonds is 5. The third-order valence-electron chi connectivity index (χ3n) is 4.33. The summed E-state index contributed by atoms with van der Waals surface area (Å²) in [4.78, 5) is 4.55. The van der Waals surface area contributed by atoms with Gasteiger partial charge in [-0.3, -0.25) is 0 Å². The Balaban J connectivity index is 2.09. The van der Waals surface area contributed by atoms with Crippen molar-refractivity contribution in [2.75, 3.05) is 12.1 Å². The van der Waals surface area contributed by atoms with E-state index in [0.717, 1.165) is 17.9 Å². The van der Waals surface area contributed by atoms with Gasteiger partial charge in [-0.15, -0.1) is 11.6 Å². The van der Waals surface area contributed by atoms with Crippen LogP contribution in [-0.4, -0.2) is 26.4 Å². The van der Waals surface area contributed by atoms with E-state index in [1.54, 1.807) is 6.07 Å². The first kappa shape index (κ1) is 15.4. The number of alkyl halides is 1. The number of hydrogen-bond acceptors (Lipinski definition) is 2. The lowest BCUT2D eigenvalue weighted by atomic mass is 9.84. The maximum Gasteiger partial charge on any atom is 0.144 e. The molecular formula is C15H17Cl2FN2S. The highest BCUT2D eigenvalue weighted by molar-refractivity contribution is 8.00. The van der Waals surface area contributed by atoms with Crippen molar-refractivity contribution in [2.45, 2.75) is 37.0 Å². The Morgan fingerprint density at radius 1 is 1.43 bits per heavy atom. The van der Waals surface area contributed by atoms with Crippen molar-refractivity contribution in [3.8, 4) is 0 Å². The molecule has 0 N–H and O–H groups in total. The molecule has 1 aliphatic rings. The molecule has 114 valence electrons. The average molecular weight is 347 g/mol. The van der Waals surface area contributed by atoms with Gasteiger partial charge in [-0.05, 0) is 25.2 Å². The number of aryl methyl sites for hydroxylation is 1. The number of imidazole rings is 1. The molecule has 0 bridgehead atoms. The van der Waals surface area contributed by atoms with E-state index in [0.29, 0.717) is 17.8 Å². The third kappa shape index (κ3) is 2.78. The maximum absolute atomic E-state index is 13.6. The van der Waals surface area contributed by atoms with Crippen LogP contribution in [0.15, 0.2) is 12.1 Å². The number of benzene rings is 1. The van der Waals surface area contributed by atoms with Crippen molar-refractivity contribution in [1.82, 2.24) is 9.55 Å². The molecule has 1 heterocycles. The van der Waals surface area contributed by atoms with Crippen LogP contribution in [0.5, 0.6) is 0 Å². The fraction of sp³-hybridized carbons (Fsp3) is 0.533. The number of fused-ring (bicyclic) bond motifs is 1. The van der Waals surface area contributed by atoms with Gasteiger partial charge in [0.15, 0.2) is 0 Å². The van der Waals surface area contributed by atoms with Gasteiger partial charge < -0.3 is 4.57 Å². The first-order valence-electron chi connectivity index (χ1n) is 7.04. The first-order valence-corrected chi connectivity index (χ1v) is 9.17. The van der Waals surface area contributed by atoms with Crippen LogP contribution in [0, 0.1) is 5.82 Å². The summed E-state index contributed by atoms with van der Waals surface area (Å²) in [5, 5.41) is 0.146. The van der Waals surface area contributed by atoms with Crippen LogP contribution in [0.1, 0.15) is 25.1 Å². The summed E-state index contributed by atoms with van der Waals surface area (Å²) < 4.78 is 16.1. The van der Waals surface area contributed by atoms with Crippen LogP contribution >= 0.6 is 35.0 Å². The highest BCUT2D eigenvalue weighted by Gasteiger charge is 2.37. The summed E-state index contributed by atoms with van der Waals surface area (Å²) in [7, 11) is 0. The van der Waals surface area contributed by atoms with Gasteiger partial charge in [-0.2, -0.15) is 11.8 Å². The van der Waals surface area contributed by atoms with Gasteiger partial charge in [0.25, 0.3) is 0 Å². The molecule has 21 heavy (non-hydrogen) atoms. The van der Waals surface area contributed by atoms with E-state index in [9.17, 15) is 4.39 Å². The Bertz CT molecular complexity index is 662. The molecule has 6 heteroatoms. The SMILES string of the molecule is CSC1(Cn2c(CCCl)nc3cc(F)c(Cl)cc32)CCC1. The van der Waals surface area contributed by atoms with Gasteiger partial charge >= 0.3 is 0 Å². The minimum atomic E-state index is -0.422. The van der Waals surface area contributed by atoms with Crippen molar-refractivity contribution in [2.24, 2.45) is 0 Å². The van der Waals surface area contributed by atoms with E-state index in [1.807, 2.05) is 11.8 Å². The van der Waals surface area contributed by atoms with Crippen molar-refractivity contribution in [3.63, 3.8) is 0 Å². The Morgan fingerprint density at radius 2 is 2.19 bits per heavy atom. The molecule has 3 rings (SSSR count). The zero-order valence-electron chi connectivity index (χ0n) is 11.8. The molecule has 0 atom stereocenters. The molecule has 0 unspecified atom stereocenters. The predicted octanol–water partition coefficient (Wildman–Crippen LogP) is 4.90. The van der Waals surface area contributed by atoms with E-state index in [2.05, 4.69) is 15.8 Å². The molecule has 0 spiro atoms. The lowest BCUT2D eigenvalue weighted by Gasteiger charge is -2.41. The highest BCUT2D eigenvalue weighted by Crippen LogP contribution is 2.45. The summed E-state index contributed by atoms with van der Waals surface area (Å²) in [6, 6.07) is 3.10. The van der Waals surface area contributed by atoms with Gasteiger partial charge in [0.1, 0.15) is 11.6 Å². The minimum Gasteiger partial charge on any atom is -0.326 e. The van der Waals surface area contributed by atoms with Crippen LogP contribution in [-0.2, 0) is 13.0 Å². The van der Waals surface area contributed by atoms with E-state index >= 15 is 0 Å². The molecule has 0 aliphatic heterocycles. The topological polar surface area (TPSA) is 17.8 Å². The molecule has 0 amide bonds. The minimum absolute atomic E-state index is 0.146. The quantitative estimate of drug-likeness (QED) is 0.716. The average Bonchev–Trinajstić information content (AvgIpc) is 2.72. The standard InChI is InChI=1S/C15H17Cl2FN2S/c1-21-15(4-2-5-15)9-20-13-7-10(17)11(18)8-12(13)19-14(20)3-6-16/h7-8H,2-6,9H2,1H3. The van der Waals surface area contributed by atoms with Gasteiger partial charge in [-0.1, -0.05) is 18.0 Å². The highest BCUT2D eigenvalue weighted by atomic mass is 35.5. The Morgan fingerprint density at radius 3 is 2.76 bits per heavy atom. The zero-order chi connectivity index (χ0) is 15.0. The van der Waals surface area contributed by atoms with Gasteiger partial charge in [0.05, 0.1) is 16.1 Å². The lowest BCUT2D eigenvalue weighted by Crippen LogP contribution is -2.38. The number of halogens is 3. The molecule has 1 saturated carbocycles. The third-order valence-corrected chi connectivity index (χ3v) is 6.21. The summed E-state index contributed by atoms with van der Waals surface area (Å²) >= 11 is 13.8. The number of hydrogen-bond donors (Lipinski definition) is 0. The van der Waals surface area contributed by atoms with Crippen molar-refractivity contribution >= 4 is 46.0 Å². The number of nitrogens with zero attached hydrogens (tertiary/aromatic N) is 2. The molecular weight excluding hydrogens is 330 g/mol. The Kier molecular flexibility index (Phi) is 4.40. The second-order valence-corrected chi connectivity index (χ2v) is 7.61. The second kappa shape index (κ2) is 5.98. The van der Waals surface area contributed by atoms with Crippen molar-refractivity contribution < 1.29 is 4.39 Å². The summed E-state index contributed by atoms with van der Waals surface area (Å²) in [6.07, 6.45) is 6.53. The van der Waals surface area contributed by atoms with E-state index in [4.69, 9.17) is 23.2 Å². The maximum atomic E-state index is 13.6. The van der Waals surface area contributed by atoms with Crippen molar-refractivity contribution in [1.29, 1.82) is 0 Å². The smallest absolute Gasteiger partial charge is 0.144 e. The second-order valence-electron chi connectivity index (χ2n) is 5.55. The number of aromatic nitrogens is 2. The van der Waals surface area contributed by atoms with Crippen LogP contribution in [0.3, 0.4) is 0 Å². The molecule has 1 aliphatic carbocycles. The van der Waals surface area contributed by atoms with E-state index in [-0.39, 0.29) is 9.77 Å². The molecule has 0 saturated heterocycles.